The molecule has 1 radical (unpaired) electrons. The first-order valence-electron chi connectivity index (χ1n) is 5.75. The van der Waals surface area contributed by atoms with Gasteiger partial charge in [0.2, 0.25) is 5.82 Å². The van der Waals surface area contributed by atoms with E-state index in [0.717, 1.165) is 0 Å². The Balaban J connectivity index is 2.11. The quantitative estimate of drug-likeness (QED) is 0.266. The van der Waals surface area contributed by atoms with E-state index in [2.05, 4.69) is 16.2 Å². The van der Waals surface area contributed by atoms with Gasteiger partial charge in [0.15, 0.2) is 23.3 Å². The third-order valence-corrected chi connectivity index (χ3v) is 2.85. The SMILES string of the molecule is Fc1c(F)c(F)c(CO/N=[C]\c2ccc(Cl)cc2)c(F)c1F. The highest BCUT2D eigenvalue weighted by atomic mass is 35.5. The Morgan fingerprint density at radius 3 is 1.91 bits per heavy atom. The molecule has 0 heterocycles. The monoisotopic (exact) mass is 334 g/mol. The number of nitrogens with zero attached hydrogens (tertiary/aromatic N) is 1. The van der Waals surface area contributed by atoms with Gasteiger partial charge >= 0.3 is 0 Å². The summed E-state index contributed by atoms with van der Waals surface area (Å²) in [6.45, 7) is -0.938. The third kappa shape index (κ3) is 3.36. The Kier molecular flexibility index (Phi) is 4.97. The fourth-order valence-corrected chi connectivity index (χ4v) is 1.61. The Morgan fingerprint density at radius 1 is 0.864 bits per heavy atom. The summed E-state index contributed by atoms with van der Waals surface area (Å²) in [6, 6.07) is 6.16. The lowest BCUT2D eigenvalue weighted by Crippen LogP contribution is -2.07. The molecule has 2 aromatic rings. The van der Waals surface area contributed by atoms with Crippen molar-refractivity contribution in [3.8, 4) is 0 Å². The first kappa shape index (κ1) is 16.2. The van der Waals surface area contributed by atoms with E-state index in [0.29, 0.717) is 10.6 Å². The van der Waals surface area contributed by atoms with Gasteiger partial charge in [-0.3, -0.25) is 0 Å². The van der Waals surface area contributed by atoms with Crippen LogP contribution >= 0.6 is 11.6 Å². The second-order valence-corrected chi connectivity index (χ2v) is 4.47. The van der Waals surface area contributed by atoms with Crippen LogP contribution in [-0.2, 0) is 11.4 Å². The second kappa shape index (κ2) is 6.74. The molecule has 0 saturated carbocycles. The zero-order valence-electron chi connectivity index (χ0n) is 10.6. The van der Waals surface area contributed by atoms with E-state index in [4.69, 9.17) is 11.6 Å². The molecule has 2 rings (SSSR count). The maximum Gasteiger partial charge on any atom is 0.200 e. The maximum atomic E-state index is 13.3. The van der Waals surface area contributed by atoms with Gasteiger partial charge in [0.05, 0.1) is 5.56 Å². The lowest BCUT2D eigenvalue weighted by Gasteiger charge is -2.06. The molecular weight excluding hydrogens is 329 g/mol. The normalized spacial score (nSPS) is 11.2. The molecule has 0 aliphatic carbocycles. The van der Waals surface area contributed by atoms with Gasteiger partial charge in [0.1, 0.15) is 12.8 Å². The molecule has 0 spiro atoms. The van der Waals surface area contributed by atoms with Crippen molar-refractivity contribution < 1.29 is 26.8 Å². The zero-order chi connectivity index (χ0) is 16.3. The number of hydrogen-bond donors (Lipinski definition) is 0. The van der Waals surface area contributed by atoms with Crippen molar-refractivity contribution >= 4 is 17.8 Å². The highest BCUT2D eigenvalue weighted by molar-refractivity contribution is 6.30. The van der Waals surface area contributed by atoms with Crippen molar-refractivity contribution in [2.45, 2.75) is 6.61 Å². The van der Waals surface area contributed by atoms with E-state index in [1.807, 2.05) is 0 Å². The van der Waals surface area contributed by atoms with E-state index < -0.39 is 41.3 Å². The van der Waals surface area contributed by atoms with Crippen LogP contribution in [0, 0.1) is 29.1 Å². The van der Waals surface area contributed by atoms with Gasteiger partial charge in [-0.25, -0.2) is 22.0 Å². The summed E-state index contributed by atoms with van der Waals surface area (Å²) >= 11 is 5.66. The highest BCUT2D eigenvalue weighted by Crippen LogP contribution is 2.23. The van der Waals surface area contributed by atoms with Crippen LogP contribution in [0.5, 0.6) is 0 Å². The van der Waals surface area contributed by atoms with Crippen LogP contribution in [0.25, 0.3) is 0 Å². The molecule has 0 aliphatic heterocycles. The minimum Gasteiger partial charge on any atom is -0.390 e. The molecule has 0 saturated heterocycles. The van der Waals surface area contributed by atoms with E-state index in [1.165, 1.54) is 12.1 Å². The summed E-state index contributed by atoms with van der Waals surface area (Å²) < 4.78 is 65.3. The summed E-state index contributed by atoms with van der Waals surface area (Å²) in [7, 11) is 0. The average molecular weight is 335 g/mol. The van der Waals surface area contributed by atoms with Gasteiger partial charge in [-0.2, -0.15) is 0 Å². The van der Waals surface area contributed by atoms with Crippen LogP contribution in [0.15, 0.2) is 29.4 Å². The van der Waals surface area contributed by atoms with Crippen molar-refractivity contribution in [1.29, 1.82) is 0 Å². The van der Waals surface area contributed by atoms with E-state index >= 15 is 0 Å². The molecule has 0 atom stereocenters. The first-order chi connectivity index (χ1) is 10.4. The van der Waals surface area contributed by atoms with Crippen molar-refractivity contribution in [3.63, 3.8) is 0 Å². The van der Waals surface area contributed by atoms with Crippen LogP contribution in [0.4, 0.5) is 22.0 Å². The summed E-state index contributed by atoms with van der Waals surface area (Å²) in [6.07, 6.45) is 2.36. The third-order valence-electron chi connectivity index (χ3n) is 2.59. The van der Waals surface area contributed by atoms with Gasteiger partial charge in [-0.15, -0.1) is 0 Å². The standard InChI is InChI=1S/C14H6ClF5NO/c15-8-3-1-7(2-4-8)5-21-22-6-9-10(16)12(18)14(20)13(19)11(9)17/h1-4H,6H2. The first-order valence-corrected chi connectivity index (χ1v) is 6.13. The summed E-state index contributed by atoms with van der Waals surface area (Å²) in [5, 5.41) is 3.74. The topological polar surface area (TPSA) is 21.6 Å². The minimum absolute atomic E-state index is 0.446. The number of benzene rings is 2. The lowest BCUT2D eigenvalue weighted by molar-refractivity contribution is 0.124. The summed E-state index contributed by atoms with van der Waals surface area (Å²) in [4.78, 5) is 4.51. The minimum atomic E-state index is -2.23. The molecule has 0 aliphatic rings. The van der Waals surface area contributed by atoms with Gasteiger partial charge in [0, 0.05) is 10.6 Å². The van der Waals surface area contributed by atoms with Gasteiger partial charge in [0.25, 0.3) is 0 Å². The Morgan fingerprint density at radius 2 is 1.36 bits per heavy atom. The van der Waals surface area contributed by atoms with E-state index in [9.17, 15) is 22.0 Å². The Labute approximate surface area is 126 Å². The molecule has 0 amide bonds. The lowest BCUT2D eigenvalue weighted by atomic mass is 10.2. The average Bonchev–Trinajstić information content (AvgIpc) is 2.52. The van der Waals surface area contributed by atoms with E-state index in [-0.39, 0.29) is 0 Å². The highest BCUT2D eigenvalue weighted by Gasteiger charge is 2.25. The molecule has 0 N–H and O–H groups in total. The fraction of sp³-hybridized carbons (Fsp3) is 0.0714. The second-order valence-electron chi connectivity index (χ2n) is 4.03. The Bertz CT molecular complexity index is 689. The van der Waals surface area contributed by atoms with Crippen molar-refractivity contribution in [1.82, 2.24) is 0 Å². The zero-order valence-corrected chi connectivity index (χ0v) is 11.4. The van der Waals surface area contributed by atoms with Crippen molar-refractivity contribution in [3.05, 3.63) is 69.5 Å². The smallest absolute Gasteiger partial charge is 0.200 e. The molecule has 0 unspecified atom stereocenters. The number of halogens is 6. The molecule has 115 valence electrons. The molecule has 0 bridgehead atoms. The molecule has 0 fully saturated rings. The molecule has 2 nitrogen and oxygen atoms in total. The predicted molar refractivity (Wildman–Crippen MR) is 69.0 cm³/mol. The van der Waals surface area contributed by atoms with Gasteiger partial charge < -0.3 is 4.84 Å². The van der Waals surface area contributed by atoms with Gasteiger partial charge in [-0.05, 0) is 12.1 Å². The fourth-order valence-electron chi connectivity index (χ4n) is 1.48. The van der Waals surface area contributed by atoms with Gasteiger partial charge in [-0.1, -0.05) is 28.9 Å². The molecule has 8 heteroatoms. The molecule has 0 aromatic heterocycles. The van der Waals surface area contributed by atoms with Crippen molar-refractivity contribution in [2.24, 2.45) is 5.16 Å². The predicted octanol–water partition coefficient (Wildman–Crippen LogP) is 4.46. The van der Waals surface area contributed by atoms with E-state index in [1.54, 1.807) is 12.1 Å². The van der Waals surface area contributed by atoms with Crippen LogP contribution in [0.3, 0.4) is 0 Å². The van der Waals surface area contributed by atoms with Crippen LogP contribution in [-0.4, -0.2) is 6.21 Å². The molecule has 2 aromatic carbocycles. The molecule has 22 heavy (non-hydrogen) atoms. The number of hydrogen-bond acceptors (Lipinski definition) is 2. The van der Waals surface area contributed by atoms with Crippen LogP contribution in [0.1, 0.15) is 11.1 Å². The van der Waals surface area contributed by atoms with Crippen molar-refractivity contribution in [2.75, 3.05) is 0 Å². The largest absolute Gasteiger partial charge is 0.390 e. The van der Waals surface area contributed by atoms with Crippen LogP contribution < -0.4 is 0 Å². The Hall–Kier alpha value is -2.15. The molecular formula is C14H6ClF5NO. The summed E-state index contributed by atoms with van der Waals surface area (Å²) in [5.41, 5.74) is -0.667. The number of rotatable bonds is 4. The maximum absolute atomic E-state index is 13.3. The van der Waals surface area contributed by atoms with Crippen LogP contribution in [0.2, 0.25) is 5.02 Å². The summed E-state index contributed by atoms with van der Waals surface area (Å²) in [5.74, 6) is -10.2.